The molecule has 0 aliphatic rings. The van der Waals surface area contributed by atoms with Crippen molar-refractivity contribution in [2.24, 2.45) is 0 Å². The fraction of sp³-hybridized carbons (Fsp3) is 0.250. The first kappa shape index (κ1) is 22.2. The fourth-order valence-corrected chi connectivity index (χ4v) is 3.22. The van der Waals surface area contributed by atoms with E-state index in [2.05, 4.69) is 0 Å². The Morgan fingerprint density at radius 1 is 0.903 bits per heavy atom. The lowest BCUT2D eigenvalue weighted by Gasteiger charge is -2.27. The standard InChI is InChI=1S/C24H24F2N2O3/c1-2-13-27(24(30)21-7-3-4-8-22(21)26)17-23(29)28(16-20-6-5-14-31-20)15-18-9-11-19(25)12-10-18/h3-12,14H,2,13,15-17H2,1H3. The zero-order valence-corrected chi connectivity index (χ0v) is 17.3. The molecule has 1 aromatic heterocycles. The minimum atomic E-state index is -0.625. The molecule has 0 aliphatic heterocycles. The topological polar surface area (TPSA) is 53.8 Å². The molecule has 3 aromatic rings. The smallest absolute Gasteiger partial charge is 0.257 e. The summed E-state index contributed by atoms with van der Waals surface area (Å²) in [5.74, 6) is -1.26. The van der Waals surface area contributed by atoms with Gasteiger partial charge < -0.3 is 14.2 Å². The van der Waals surface area contributed by atoms with Gasteiger partial charge in [0.1, 0.15) is 23.9 Å². The number of rotatable bonds is 9. The summed E-state index contributed by atoms with van der Waals surface area (Å²) in [5.41, 5.74) is 0.670. The van der Waals surface area contributed by atoms with Crippen LogP contribution >= 0.6 is 0 Å². The highest BCUT2D eigenvalue weighted by molar-refractivity contribution is 5.96. The molecule has 31 heavy (non-hydrogen) atoms. The van der Waals surface area contributed by atoms with Gasteiger partial charge in [-0.1, -0.05) is 31.2 Å². The van der Waals surface area contributed by atoms with E-state index in [1.807, 2.05) is 6.92 Å². The normalized spacial score (nSPS) is 10.7. The van der Waals surface area contributed by atoms with Crippen LogP contribution in [0.25, 0.3) is 0 Å². The number of hydrogen-bond acceptors (Lipinski definition) is 3. The Kier molecular flexibility index (Phi) is 7.54. The Labute approximate surface area is 179 Å². The van der Waals surface area contributed by atoms with Crippen molar-refractivity contribution in [2.75, 3.05) is 13.1 Å². The van der Waals surface area contributed by atoms with Crippen molar-refractivity contribution in [1.82, 2.24) is 9.80 Å². The zero-order chi connectivity index (χ0) is 22.2. The molecule has 0 saturated carbocycles. The Morgan fingerprint density at radius 2 is 1.65 bits per heavy atom. The Balaban J connectivity index is 1.79. The van der Waals surface area contributed by atoms with E-state index in [0.717, 1.165) is 5.56 Å². The molecule has 0 radical (unpaired) electrons. The van der Waals surface area contributed by atoms with Crippen LogP contribution in [0.4, 0.5) is 8.78 Å². The van der Waals surface area contributed by atoms with Crippen LogP contribution in [-0.2, 0) is 17.9 Å². The maximum Gasteiger partial charge on any atom is 0.257 e. The molecule has 2 amide bonds. The number of benzene rings is 2. The summed E-state index contributed by atoms with van der Waals surface area (Å²) in [6.45, 7) is 2.39. The van der Waals surface area contributed by atoms with Gasteiger partial charge in [0.05, 0.1) is 18.4 Å². The number of amides is 2. The molecule has 162 valence electrons. The lowest BCUT2D eigenvalue weighted by Crippen LogP contribution is -2.43. The second-order valence-corrected chi connectivity index (χ2v) is 7.16. The number of carbonyl (C=O) groups is 2. The van der Waals surface area contributed by atoms with Gasteiger partial charge >= 0.3 is 0 Å². The van der Waals surface area contributed by atoms with Crippen molar-refractivity contribution in [3.05, 3.63) is 95.4 Å². The first-order valence-electron chi connectivity index (χ1n) is 10.1. The monoisotopic (exact) mass is 426 g/mol. The Bertz CT molecular complexity index is 1000. The summed E-state index contributed by atoms with van der Waals surface area (Å²) in [6, 6.07) is 15.1. The number of halogens is 2. The van der Waals surface area contributed by atoms with Crippen molar-refractivity contribution in [3.63, 3.8) is 0 Å². The van der Waals surface area contributed by atoms with E-state index >= 15 is 0 Å². The summed E-state index contributed by atoms with van der Waals surface area (Å²) in [5, 5.41) is 0. The van der Waals surface area contributed by atoms with Crippen molar-refractivity contribution in [2.45, 2.75) is 26.4 Å². The molecule has 2 aromatic carbocycles. The van der Waals surface area contributed by atoms with E-state index in [1.165, 1.54) is 46.4 Å². The van der Waals surface area contributed by atoms with Crippen LogP contribution in [0.1, 0.15) is 35.0 Å². The summed E-state index contributed by atoms with van der Waals surface area (Å²) in [4.78, 5) is 28.9. The largest absolute Gasteiger partial charge is 0.467 e. The molecule has 0 atom stereocenters. The maximum absolute atomic E-state index is 14.1. The predicted molar refractivity (Wildman–Crippen MR) is 112 cm³/mol. The molecule has 3 rings (SSSR count). The van der Waals surface area contributed by atoms with Crippen LogP contribution < -0.4 is 0 Å². The number of nitrogens with zero attached hydrogens (tertiary/aromatic N) is 2. The van der Waals surface area contributed by atoms with Gasteiger partial charge in [-0.15, -0.1) is 0 Å². The predicted octanol–water partition coefficient (Wildman–Crippen LogP) is 4.64. The SMILES string of the molecule is CCCN(CC(=O)N(Cc1ccc(F)cc1)Cc1ccco1)C(=O)c1ccccc1F. The van der Waals surface area contributed by atoms with Crippen LogP contribution in [0.2, 0.25) is 0 Å². The van der Waals surface area contributed by atoms with Gasteiger partial charge in [0.2, 0.25) is 5.91 Å². The van der Waals surface area contributed by atoms with E-state index in [1.54, 1.807) is 30.3 Å². The first-order chi connectivity index (χ1) is 15.0. The molecule has 0 N–H and O–H groups in total. The van der Waals surface area contributed by atoms with Crippen molar-refractivity contribution in [3.8, 4) is 0 Å². The maximum atomic E-state index is 14.1. The van der Waals surface area contributed by atoms with Crippen LogP contribution in [0.3, 0.4) is 0 Å². The molecule has 0 saturated heterocycles. The van der Waals surface area contributed by atoms with Gasteiger partial charge in [-0.25, -0.2) is 8.78 Å². The van der Waals surface area contributed by atoms with Crippen molar-refractivity contribution in [1.29, 1.82) is 0 Å². The third kappa shape index (κ3) is 6.01. The second-order valence-electron chi connectivity index (χ2n) is 7.16. The lowest BCUT2D eigenvalue weighted by atomic mass is 10.1. The second kappa shape index (κ2) is 10.5. The highest BCUT2D eigenvalue weighted by atomic mass is 19.1. The van der Waals surface area contributed by atoms with Crippen molar-refractivity contribution >= 4 is 11.8 Å². The molecule has 5 nitrogen and oxygen atoms in total. The molecule has 0 aliphatic carbocycles. The third-order valence-corrected chi connectivity index (χ3v) is 4.78. The zero-order valence-electron chi connectivity index (χ0n) is 17.3. The van der Waals surface area contributed by atoms with Crippen molar-refractivity contribution < 1.29 is 22.8 Å². The van der Waals surface area contributed by atoms with Crippen LogP contribution in [0, 0.1) is 11.6 Å². The average Bonchev–Trinajstić information content (AvgIpc) is 3.27. The minimum Gasteiger partial charge on any atom is -0.467 e. The molecule has 0 spiro atoms. The summed E-state index contributed by atoms with van der Waals surface area (Å²) in [6.07, 6.45) is 2.13. The average molecular weight is 426 g/mol. The molecule has 0 fully saturated rings. The number of hydrogen-bond donors (Lipinski definition) is 0. The molecular weight excluding hydrogens is 402 g/mol. The van der Waals surface area contributed by atoms with Crippen LogP contribution in [0.5, 0.6) is 0 Å². The van der Waals surface area contributed by atoms with Crippen LogP contribution in [0.15, 0.2) is 71.3 Å². The highest BCUT2D eigenvalue weighted by Crippen LogP contribution is 2.15. The summed E-state index contributed by atoms with van der Waals surface area (Å²) >= 11 is 0. The van der Waals surface area contributed by atoms with Gasteiger partial charge in [0, 0.05) is 13.1 Å². The van der Waals surface area contributed by atoms with Gasteiger partial charge in [-0.3, -0.25) is 9.59 Å². The van der Waals surface area contributed by atoms with Gasteiger partial charge in [0.15, 0.2) is 0 Å². The van der Waals surface area contributed by atoms with Gasteiger partial charge in [-0.2, -0.15) is 0 Å². The first-order valence-corrected chi connectivity index (χ1v) is 10.1. The van der Waals surface area contributed by atoms with Crippen LogP contribution in [-0.4, -0.2) is 34.7 Å². The van der Waals surface area contributed by atoms with E-state index in [-0.39, 0.29) is 36.9 Å². The molecule has 7 heteroatoms. The fourth-order valence-electron chi connectivity index (χ4n) is 3.22. The van der Waals surface area contributed by atoms with E-state index in [0.29, 0.717) is 18.7 Å². The highest BCUT2D eigenvalue weighted by Gasteiger charge is 2.24. The quantitative estimate of drug-likeness (QED) is 0.501. The van der Waals surface area contributed by atoms with Gasteiger partial charge in [0.25, 0.3) is 5.91 Å². The molecule has 1 heterocycles. The summed E-state index contributed by atoms with van der Waals surface area (Å²) in [7, 11) is 0. The minimum absolute atomic E-state index is 0.0696. The molecule has 0 unspecified atom stereocenters. The lowest BCUT2D eigenvalue weighted by molar-refractivity contribution is -0.133. The van der Waals surface area contributed by atoms with E-state index < -0.39 is 11.7 Å². The summed E-state index contributed by atoms with van der Waals surface area (Å²) < 4.78 is 32.8. The Hall–Kier alpha value is -3.48. The van der Waals surface area contributed by atoms with E-state index in [4.69, 9.17) is 4.42 Å². The number of furan rings is 1. The molecule has 0 bridgehead atoms. The van der Waals surface area contributed by atoms with Gasteiger partial charge in [-0.05, 0) is 48.4 Å². The molecular formula is C24H24F2N2O3. The van der Waals surface area contributed by atoms with E-state index in [9.17, 15) is 18.4 Å². The third-order valence-electron chi connectivity index (χ3n) is 4.78. The Morgan fingerprint density at radius 3 is 2.29 bits per heavy atom. The number of carbonyl (C=O) groups excluding carboxylic acids is 2.